The minimum Gasteiger partial charge on any atom is -0.493 e. The standard InChI is InChI=1S/C25H18FN3O7/c1-35-22-13-16(4-11-21(22)36-14-15-2-7-19(8-3-15)29(33)34)12-20-23(30)27-25(32)28(24(20)31)18-9-5-17(26)6-10-18/h2-13H,14H2,1H3,(H,27,30,32)/b20-12+. The van der Waals surface area contributed by atoms with Crippen molar-refractivity contribution in [1.29, 1.82) is 0 Å². The van der Waals surface area contributed by atoms with Crippen LogP contribution in [0.4, 0.5) is 20.6 Å². The van der Waals surface area contributed by atoms with E-state index in [1.54, 1.807) is 24.3 Å². The van der Waals surface area contributed by atoms with Crippen molar-refractivity contribution in [2.75, 3.05) is 12.0 Å². The Morgan fingerprint density at radius 2 is 1.69 bits per heavy atom. The predicted octanol–water partition coefficient (Wildman–Crippen LogP) is 3.99. The molecule has 11 heteroatoms. The molecule has 0 aliphatic carbocycles. The van der Waals surface area contributed by atoms with Gasteiger partial charge in [-0.05, 0) is 65.7 Å². The number of rotatable bonds is 7. The second-order valence-electron chi connectivity index (χ2n) is 7.56. The summed E-state index contributed by atoms with van der Waals surface area (Å²) in [7, 11) is 1.42. The third-order valence-corrected chi connectivity index (χ3v) is 5.23. The van der Waals surface area contributed by atoms with Crippen LogP contribution in [0.5, 0.6) is 11.5 Å². The molecule has 0 atom stereocenters. The van der Waals surface area contributed by atoms with E-state index in [9.17, 15) is 28.9 Å². The average molecular weight is 491 g/mol. The summed E-state index contributed by atoms with van der Waals surface area (Å²) in [5, 5.41) is 12.9. The van der Waals surface area contributed by atoms with Crippen LogP contribution < -0.4 is 19.7 Å². The molecule has 0 bridgehead atoms. The van der Waals surface area contributed by atoms with Gasteiger partial charge in [-0.15, -0.1) is 0 Å². The smallest absolute Gasteiger partial charge is 0.335 e. The number of nitro benzene ring substituents is 1. The number of non-ortho nitro benzene ring substituents is 1. The van der Waals surface area contributed by atoms with Gasteiger partial charge in [0.05, 0.1) is 17.7 Å². The molecule has 182 valence electrons. The summed E-state index contributed by atoms with van der Waals surface area (Å²) in [5.41, 5.74) is 0.880. The van der Waals surface area contributed by atoms with Gasteiger partial charge in [0.15, 0.2) is 11.5 Å². The topological polar surface area (TPSA) is 128 Å². The molecule has 1 aliphatic rings. The fourth-order valence-electron chi connectivity index (χ4n) is 3.42. The van der Waals surface area contributed by atoms with Crippen LogP contribution in [0.1, 0.15) is 11.1 Å². The molecule has 1 heterocycles. The van der Waals surface area contributed by atoms with Crippen molar-refractivity contribution < 1.29 is 33.2 Å². The van der Waals surface area contributed by atoms with E-state index in [0.29, 0.717) is 22.6 Å². The van der Waals surface area contributed by atoms with Crippen molar-refractivity contribution in [2.45, 2.75) is 6.61 Å². The Morgan fingerprint density at radius 3 is 2.33 bits per heavy atom. The van der Waals surface area contributed by atoms with E-state index in [1.165, 1.54) is 43.5 Å². The Morgan fingerprint density at radius 1 is 1.00 bits per heavy atom. The first-order chi connectivity index (χ1) is 17.3. The first-order valence-corrected chi connectivity index (χ1v) is 10.5. The second kappa shape index (κ2) is 10.1. The molecule has 0 spiro atoms. The molecule has 1 fully saturated rings. The molecule has 10 nitrogen and oxygen atoms in total. The molecule has 1 aliphatic heterocycles. The van der Waals surface area contributed by atoms with Gasteiger partial charge in [-0.25, -0.2) is 14.1 Å². The molecule has 0 aromatic heterocycles. The lowest BCUT2D eigenvalue weighted by Gasteiger charge is -2.26. The molecule has 0 saturated carbocycles. The van der Waals surface area contributed by atoms with E-state index >= 15 is 0 Å². The number of amides is 4. The lowest BCUT2D eigenvalue weighted by atomic mass is 10.1. The van der Waals surface area contributed by atoms with E-state index in [2.05, 4.69) is 5.32 Å². The van der Waals surface area contributed by atoms with Crippen LogP contribution in [0.3, 0.4) is 0 Å². The van der Waals surface area contributed by atoms with Crippen LogP contribution in [0, 0.1) is 15.9 Å². The maximum absolute atomic E-state index is 13.3. The van der Waals surface area contributed by atoms with E-state index in [1.807, 2.05) is 0 Å². The van der Waals surface area contributed by atoms with Gasteiger partial charge in [-0.3, -0.25) is 25.0 Å². The Kier molecular flexibility index (Phi) is 6.72. The maximum atomic E-state index is 13.3. The van der Waals surface area contributed by atoms with Gasteiger partial charge in [0.1, 0.15) is 18.0 Å². The summed E-state index contributed by atoms with van der Waals surface area (Å²) in [6.45, 7) is 0.115. The Hall–Kier alpha value is -5.06. The summed E-state index contributed by atoms with van der Waals surface area (Å²) >= 11 is 0. The zero-order chi connectivity index (χ0) is 25.8. The highest BCUT2D eigenvalue weighted by Crippen LogP contribution is 2.31. The fraction of sp³-hybridized carbons (Fsp3) is 0.0800. The number of methoxy groups -OCH3 is 1. The van der Waals surface area contributed by atoms with E-state index < -0.39 is 28.6 Å². The first kappa shape index (κ1) is 24.1. The quantitative estimate of drug-likeness (QED) is 0.229. The van der Waals surface area contributed by atoms with Crippen LogP contribution in [-0.2, 0) is 16.2 Å². The number of benzene rings is 3. The number of hydrogen-bond acceptors (Lipinski definition) is 7. The molecular formula is C25H18FN3O7. The molecule has 1 N–H and O–H groups in total. The number of barbiturate groups is 1. The highest BCUT2D eigenvalue weighted by molar-refractivity contribution is 6.39. The summed E-state index contributed by atoms with van der Waals surface area (Å²) < 4.78 is 24.4. The largest absolute Gasteiger partial charge is 0.493 e. The first-order valence-electron chi connectivity index (χ1n) is 10.5. The number of imide groups is 2. The molecular weight excluding hydrogens is 473 g/mol. The molecule has 3 aromatic carbocycles. The van der Waals surface area contributed by atoms with E-state index in [0.717, 1.165) is 17.0 Å². The number of nitrogens with zero attached hydrogens (tertiary/aromatic N) is 2. The van der Waals surface area contributed by atoms with Crippen molar-refractivity contribution in [1.82, 2.24) is 5.32 Å². The van der Waals surface area contributed by atoms with Crippen LogP contribution in [0.15, 0.2) is 72.3 Å². The van der Waals surface area contributed by atoms with Gasteiger partial charge in [-0.1, -0.05) is 6.07 Å². The van der Waals surface area contributed by atoms with Crippen LogP contribution >= 0.6 is 0 Å². The number of carbonyl (C=O) groups excluding carboxylic acids is 3. The number of hydrogen-bond donors (Lipinski definition) is 1. The normalized spacial score (nSPS) is 14.6. The van der Waals surface area contributed by atoms with Crippen molar-refractivity contribution in [3.05, 3.63) is 99.4 Å². The van der Waals surface area contributed by atoms with Crippen LogP contribution in [-0.4, -0.2) is 29.9 Å². The summed E-state index contributed by atoms with van der Waals surface area (Å²) in [6, 6.07) is 14.3. The number of ether oxygens (including phenoxy) is 2. The molecule has 0 unspecified atom stereocenters. The summed E-state index contributed by atoms with van der Waals surface area (Å²) in [5.74, 6) is -1.62. The minimum atomic E-state index is -0.943. The van der Waals surface area contributed by atoms with Crippen molar-refractivity contribution >= 4 is 35.3 Å². The zero-order valence-corrected chi connectivity index (χ0v) is 18.8. The SMILES string of the molecule is COc1cc(/C=C2\C(=O)NC(=O)N(c3ccc(F)cc3)C2=O)ccc1OCc1ccc([N+](=O)[O-])cc1. The lowest BCUT2D eigenvalue weighted by Crippen LogP contribution is -2.54. The summed E-state index contributed by atoms with van der Waals surface area (Å²) in [4.78, 5) is 48.7. The van der Waals surface area contributed by atoms with Gasteiger partial charge in [0.2, 0.25) is 0 Å². The van der Waals surface area contributed by atoms with Gasteiger partial charge < -0.3 is 9.47 Å². The highest BCUT2D eigenvalue weighted by atomic mass is 19.1. The molecule has 4 rings (SSSR count). The number of nitro groups is 1. The number of halogens is 1. The van der Waals surface area contributed by atoms with Gasteiger partial charge in [0.25, 0.3) is 17.5 Å². The van der Waals surface area contributed by atoms with E-state index in [-0.39, 0.29) is 23.6 Å². The van der Waals surface area contributed by atoms with Crippen molar-refractivity contribution in [3.63, 3.8) is 0 Å². The monoisotopic (exact) mass is 491 g/mol. The van der Waals surface area contributed by atoms with Crippen molar-refractivity contribution in [3.8, 4) is 11.5 Å². The molecule has 1 saturated heterocycles. The number of carbonyl (C=O) groups is 3. The number of urea groups is 1. The molecule has 3 aromatic rings. The summed E-state index contributed by atoms with van der Waals surface area (Å²) in [6.07, 6.45) is 1.29. The van der Waals surface area contributed by atoms with Crippen molar-refractivity contribution in [2.24, 2.45) is 0 Å². The second-order valence-corrected chi connectivity index (χ2v) is 7.56. The van der Waals surface area contributed by atoms with E-state index in [4.69, 9.17) is 9.47 Å². The lowest BCUT2D eigenvalue weighted by molar-refractivity contribution is -0.384. The number of nitrogens with one attached hydrogen (secondary N) is 1. The Labute approximate surface area is 203 Å². The molecule has 4 amide bonds. The van der Waals surface area contributed by atoms with Gasteiger partial charge in [0, 0.05) is 12.1 Å². The van der Waals surface area contributed by atoms with Crippen LogP contribution in [0.2, 0.25) is 0 Å². The Balaban J connectivity index is 1.55. The minimum absolute atomic E-state index is 0.0327. The zero-order valence-electron chi connectivity index (χ0n) is 18.8. The number of anilines is 1. The molecule has 0 radical (unpaired) electrons. The third-order valence-electron chi connectivity index (χ3n) is 5.23. The van der Waals surface area contributed by atoms with Gasteiger partial charge >= 0.3 is 6.03 Å². The van der Waals surface area contributed by atoms with Gasteiger partial charge in [-0.2, -0.15) is 0 Å². The molecule has 36 heavy (non-hydrogen) atoms. The Bertz CT molecular complexity index is 1390. The van der Waals surface area contributed by atoms with Crippen LogP contribution in [0.25, 0.3) is 6.08 Å². The average Bonchev–Trinajstić information content (AvgIpc) is 2.86. The third kappa shape index (κ3) is 5.04. The predicted molar refractivity (Wildman–Crippen MR) is 126 cm³/mol. The highest BCUT2D eigenvalue weighted by Gasteiger charge is 2.36. The fourth-order valence-corrected chi connectivity index (χ4v) is 3.42. The maximum Gasteiger partial charge on any atom is 0.335 e.